The summed E-state index contributed by atoms with van der Waals surface area (Å²) in [6, 6.07) is 0. The summed E-state index contributed by atoms with van der Waals surface area (Å²) in [7, 11) is 0. The van der Waals surface area contributed by atoms with Gasteiger partial charge in [-0.25, -0.2) is 0 Å². The fourth-order valence-electron chi connectivity index (χ4n) is 0.0833. The number of nitrogens with one attached hydrogen (secondary N) is 1. The summed E-state index contributed by atoms with van der Waals surface area (Å²) in [5.74, 6) is 0. The van der Waals surface area contributed by atoms with Crippen LogP contribution in [0.25, 0.3) is 0 Å². The Labute approximate surface area is 36.7 Å². The Bertz CT molecular complexity index is 67.9. The van der Waals surface area contributed by atoms with Gasteiger partial charge in [0.1, 0.15) is 0 Å². The van der Waals surface area contributed by atoms with Crippen LogP contribution in [0.3, 0.4) is 0 Å². The smallest absolute Gasteiger partial charge is 0.163 e. The van der Waals surface area contributed by atoms with Crippen LogP contribution in [0, 0.1) is 5.41 Å². The van der Waals surface area contributed by atoms with E-state index in [-0.39, 0.29) is 5.71 Å². The summed E-state index contributed by atoms with van der Waals surface area (Å²) >= 11 is 0. The maximum absolute atomic E-state index is 9.51. The fraction of sp³-hybridized carbons (Fsp3) is 0.500. The van der Waals surface area contributed by atoms with Crippen molar-refractivity contribution >= 4 is 12.0 Å². The minimum atomic E-state index is 0.162. The second-order valence-corrected chi connectivity index (χ2v) is 0.997. The van der Waals surface area contributed by atoms with Gasteiger partial charge in [-0.3, -0.25) is 4.79 Å². The molecule has 0 heterocycles. The number of aldehydes is 1. The second-order valence-electron chi connectivity index (χ2n) is 0.997. The van der Waals surface area contributed by atoms with Crippen molar-refractivity contribution in [3.8, 4) is 0 Å². The van der Waals surface area contributed by atoms with Gasteiger partial charge in [0.05, 0.1) is 5.71 Å². The van der Waals surface area contributed by atoms with Crippen molar-refractivity contribution in [2.45, 2.75) is 13.3 Å². The molecular formula is C4H7NO. The quantitative estimate of drug-likeness (QED) is 0.387. The summed E-state index contributed by atoms with van der Waals surface area (Å²) in [6.07, 6.45) is 1.10. The third-order valence-electron chi connectivity index (χ3n) is 0.523. The molecule has 0 aromatic heterocycles. The van der Waals surface area contributed by atoms with E-state index < -0.39 is 0 Å². The lowest BCUT2D eigenvalue weighted by atomic mass is 10.3. The van der Waals surface area contributed by atoms with E-state index in [0.29, 0.717) is 12.7 Å². The maximum Gasteiger partial charge on any atom is 0.163 e. The molecule has 2 nitrogen and oxygen atoms in total. The first-order chi connectivity index (χ1) is 2.81. The Morgan fingerprint density at radius 3 is 2.50 bits per heavy atom. The monoisotopic (exact) mass is 85.1 g/mol. The van der Waals surface area contributed by atoms with Gasteiger partial charge in [0, 0.05) is 0 Å². The van der Waals surface area contributed by atoms with Crippen LogP contribution >= 0.6 is 0 Å². The van der Waals surface area contributed by atoms with E-state index in [1.165, 1.54) is 0 Å². The molecule has 0 amide bonds. The van der Waals surface area contributed by atoms with Gasteiger partial charge in [-0.1, -0.05) is 6.92 Å². The number of carbonyl (C=O) groups excluding carboxylic acids is 1. The molecule has 0 unspecified atom stereocenters. The summed E-state index contributed by atoms with van der Waals surface area (Å²) in [4.78, 5) is 9.51. The molecule has 0 saturated heterocycles. The maximum atomic E-state index is 9.51. The molecule has 0 bridgehead atoms. The van der Waals surface area contributed by atoms with E-state index >= 15 is 0 Å². The Morgan fingerprint density at radius 1 is 2.00 bits per heavy atom. The number of carbonyl (C=O) groups is 1. The second kappa shape index (κ2) is 2.57. The molecule has 0 aromatic rings. The standard InChI is InChI=1S/C4H7NO/c1-2-4(5)3-6/h3,5H,2H2,1H3. The van der Waals surface area contributed by atoms with Gasteiger partial charge in [-0.05, 0) is 6.42 Å². The van der Waals surface area contributed by atoms with E-state index in [1.807, 2.05) is 0 Å². The van der Waals surface area contributed by atoms with Crippen molar-refractivity contribution in [2.75, 3.05) is 0 Å². The van der Waals surface area contributed by atoms with Crippen molar-refractivity contribution in [1.29, 1.82) is 5.41 Å². The highest BCUT2D eigenvalue weighted by Gasteiger charge is 1.81. The van der Waals surface area contributed by atoms with Crippen LogP contribution in [0.4, 0.5) is 0 Å². The molecule has 1 N–H and O–H groups in total. The van der Waals surface area contributed by atoms with Crippen LogP contribution in [0.15, 0.2) is 0 Å². The van der Waals surface area contributed by atoms with Crippen LogP contribution < -0.4 is 0 Å². The first-order valence-electron chi connectivity index (χ1n) is 1.84. The largest absolute Gasteiger partial charge is 0.302 e. The van der Waals surface area contributed by atoms with E-state index in [0.717, 1.165) is 0 Å². The fourth-order valence-corrected chi connectivity index (χ4v) is 0.0833. The van der Waals surface area contributed by atoms with Crippen molar-refractivity contribution in [1.82, 2.24) is 0 Å². The topological polar surface area (TPSA) is 40.9 Å². The zero-order valence-corrected chi connectivity index (χ0v) is 3.69. The van der Waals surface area contributed by atoms with E-state index in [4.69, 9.17) is 5.41 Å². The van der Waals surface area contributed by atoms with E-state index in [9.17, 15) is 4.79 Å². The normalized spacial score (nSPS) is 7.50. The Balaban J connectivity index is 3.23. The first kappa shape index (κ1) is 5.34. The molecule has 0 saturated carbocycles. The van der Waals surface area contributed by atoms with Crippen LogP contribution in [-0.4, -0.2) is 12.0 Å². The predicted octanol–water partition coefficient (Wildman–Crippen LogP) is 0.615. The molecule has 0 aliphatic carbocycles. The van der Waals surface area contributed by atoms with Gasteiger partial charge in [0.15, 0.2) is 6.29 Å². The minimum absolute atomic E-state index is 0.162. The van der Waals surface area contributed by atoms with Gasteiger partial charge in [-0.15, -0.1) is 0 Å². The lowest BCUT2D eigenvalue weighted by molar-refractivity contribution is -0.102. The highest BCUT2D eigenvalue weighted by Crippen LogP contribution is 1.71. The van der Waals surface area contributed by atoms with Crippen LogP contribution in [0.5, 0.6) is 0 Å². The van der Waals surface area contributed by atoms with E-state index in [1.54, 1.807) is 6.92 Å². The van der Waals surface area contributed by atoms with Crippen LogP contribution in [0.2, 0.25) is 0 Å². The third kappa shape index (κ3) is 1.64. The van der Waals surface area contributed by atoms with Gasteiger partial charge < -0.3 is 5.41 Å². The van der Waals surface area contributed by atoms with Gasteiger partial charge in [-0.2, -0.15) is 0 Å². The summed E-state index contributed by atoms with van der Waals surface area (Å²) in [5, 5.41) is 6.62. The summed E-state index contributed by atoms with van der Waals surface area (Å²) < 4.78 is 0. The molecule has 0 fully saturated rings. The van der Waals surface area contributed by atoms with Crippen molar-refractivity contribution in [2.24, 2.45) is 0 Å². The van der Waals surface area contributed by atoms with Gasteiger partial charge >= 0.3 is 0 Å². The highest BCUT2D eigenvalue weighted by atomic mass is 16.1. The van der Waals surface area contributed by atoms with Gasteiger partial charge in [0.25, 0.3) is 0 Å². The van der Waals surface area contributed by atoms with Crippen molar-refractivity contribution in [3.05, 3.63) is 0 Å². The minimum Gasteiger partial charge on any atom is -0.302 e. The molecule has 0 aromatic carbocycles. The zero-order chi connectivity index (χ0) is 4.99. The van der Waals surface area contributed by atoms with Crippen molar-refractivity contribution in [3.63, 3.8) is 0 Å². The Hall–Kier alpha value is -0.660. The molecule has 0 radical (unpaired) electrons. The van der Waals surface area contributed by atoms with Gasteiger partial charge in [0.2, 0.25) is 0 Å². The van der Waals surface area contributed by atoms with E-state index in [2.05, 4.69) is 0 Å². The third-order valence-corrected chi connectivity index (χ3v) is 0.523. The molecule has 0 rings (SSSR count). The average Bonchev–Trinajstić information content (AvgIpc) is 1.65. The average molecular weight is 85.1 g/mol. The number of rotatable bonds is 2. The first-order valence-corrected chi connectivity index (χ1v) is 1.84. The summed E-state index contributed by atoms with van der Waals surface area (Å²) in [5.41, 5.74) is 0.162. The molecular weight excluding hydrogens is 78.0 g/mol. The predicted molar refractivity (Wildman–Crippen MR) is 24.1 cm³/mol. The lowest BCUT2D eigenvalue weighted by Gasteiger charge is -1.76. The zero-order valence-electron chi connectivity index (χ0n) is 3.69. The molecule has 0 aliphatic rings. The Kier molecular flexibility index (Phi) is 2.29. The SMILES string of the molecule is CCC(=N)C=O. The molecule has 0 aliphatic heterocycles. The molecule has 0 atom stereocenters. The number of hydrogen-bond donors (Lipinski definition) is 1. The highest BCUT2D eigenvalue weighted by molar-refractivity contribution is 6.26. The van der Waals surface area contributed by atoms with Crippen LogP contribution in [-0.2, 0) is 4.79 Å². The molecule has 0 spiro atoms. The lowest BCUT2D eigenvalue weighted by Crippen LogP contribution is -1.91. The molecule has 2 heteroatoms. The van der Waals surface area contributed by atoms with Crippen LogP contribution in [0.1, 0.15) is 13.3 Å². The number of hydrogen-bond acceptors (Lipinski definition) is 2. The summed E-state index contributed by atoms with van der Waals surface area (Å²) in [6.45, 7) is 1.77. The Morgan fingerprint density at radius 2 is 2.50 bits per heavy atom. The molecule has 6 heavy (non-hydrogen) atoms. The molecule has 34 valence electrons. The van der Waals surface area contributed by atoms with Crippen molar-refractivity contribution < 1.29 is 4.79 Å².